The van der Waals surface area contributed by atoms with E-state index in [4.69, 9.17) is 0 Å². The molecule has 2 rings (SSSR count). The van der Waals surface area contributed by atoms with Crippen molar-refractivity contribution in [2.24, 2.45) is 0 Å². The Morgan fingerprint density at radius 1 is 1.40 bits per heavy atom. The highest BCUT2D eigenvalue weighted by Gasteiger charge is 2.23. The standard InChI is InChI=1S/C17H24N2O/c1-15(13-18(2)20)19(17-11-7-4-8-12-17)14-16-9-5-3-6-10-16/h3,5-7,9-11,13,15,17H,4,8,12,14H2,1-2H3/b18-13-/t15-,17?/m0/s1. The molecular formula is C17H24N2O. The fourth-order valence-electron chi connectivity index (χ4n) is 2.82. The van der Waals surface area contributed by atoms with E-state index >= 15 is 0 Å². The molecule has 0 spiro atoms. The van der Waals surface area contributed by atoms with E-state index in [-0.39, 0.29) is 6.04 Å². The maximum absolute atomic E-state index is 11.3. The van der Waals surface area contributed by atoms with Crippen LogP contribution >= 0.6 is 0 Å². The van der Waals surface area contributed by atoms with E-state index in [2.05, 4.69) is 48.2 Å². The number of allylic oxidation sites excluding steroid dienone is 1. The first-order valence-corrected chi connectivity index (χ1v) is 7.38. The molecule has 0 N–H and O–H groups in total. The first kappa shape index (κ1) is 14.8. The third-order valence-corrected chi connectivity index (χ3v) is 3.81. The maximum Gasteiger partial charge on any atom is 0.167 e. The van der Waals surface area contributed by atoms with Crippen molar-refractivity contribution in [2.75, 3.05) is 7.05 Å². The minimum atomic E-state index is 0.130. The number of hydrogen-bond acceptors (Lipinski definition) is 2. The van der Waals surface area contributed by atoms with Gasteiger partial charge in [-0.15, -0.1) is 0 Å². The van der Waals surface area contributed by atoms with Crippen molar-refractivity contribution in [3.63, 3.8) is 0 Å². The second-order valence-corrected chi connectivity index (χ2v) is 5.52. The van der Waals surface area contributed by atoms with Crippen LogP contribution in [0.2, 0.25) is 0 Å². The van der Waals surface area contributed by atoms with Crippen LogP contribution in [0.15, 0.2) is 42.5 Å². The molecule has 0 radical (unpaired) electrons. The average Bonchev–Trinajstić information content (AvgIpc) is 2.46. The minimum absolute atomic E-state index is 0.130. The summed E-state index contributed by atoms with van der Waals surface area (Å²) in [5.41, 5.74) is 1.29. The van der Waals surface area contributed by atoms with E-state index in [0.717, 1.165) is 11.3 Å². The first-order valence-electron chi connectivity index (χ1n) is 7.38. The Morgan fingerprint density at radius 2 is 2.15 bits per heavy atom. The molecule has 108 valence electrons. The van der Waals surface area contributed by atoms with Crippen LogP contribution < -0.4 is 0 Å². The Bertz CT molecular complexity index is 463. The van der Waals surface area contributed by atoms with Crippen LogP contribution in [-0.4, -0.2) is 35.0 Å². The van der Waals surface area contributed by atoms with Gasteiger partial charge in [0.1, 0.15) is 7.05 Å². The third kappa shape index (κ3) is 4.20. The second kappa shape index (κ2) is 7.25. The van der Waals surface area contributed by atoms with Crippen LogP contribution in [0.5, 0.6) is 0 Å². The van der Waals surface area contributed by atoms with E-state index in [0.29, 0.717) is 6.04 Å². The van der Waals surface area contributed by atoms with Gasteiger partial charge in [0.05, 0.1) is 6.04 Å². The van der Waals surface area contributed by atoms with Crippen molar-refractivity contribution < 1.29 is 4.74 Å². The van der Waals surface area contributed by atoms with Crippen molar-refractivity contribution in [3.05, 3.63) is 53.3 Å². The molecular weight excluding hydrogens is 248 g/mol. The van der Waals surface area contributed by atoms with E-state index in [1.807, 2.05) is 6.07 Å². The highest BCUT2D eigenvalue weighted by Crippen LogP contribution is 2.20. The van der Waals surface area contributed by atoms with E-state index in [9.17, 15) is 5.21 Å². The molecule has 0 saturated heterocycles. The van der Waals surface area contributed by atoms with Gasteiger partial charge >= 0.3 is 0 Å². The summed E-state index contributed by atoms with van der Waals surface area (Å²) in [6.45, 7) is 2.97. The van der Waals surface area contributed by atoms with Crippen molar-refractivity contribution in [1.82, 2.24) is 4.90 Å². The molecule has 0 saturated carbocycles. The first-order chi connectivity index (χ1) is 9.66. The van der Waals surface area contributed by atoms with E-state index in [1.54, 1.807) is 13.3 Å². The van der Waals surface area contributed by atoms with Gasteiger partial charge in [0.25, 0.3) is 0 Å². The van der Waals surface area contributed by atoms with Gasteiger partial charge in [0, 0.05) is 12.6 Å². The van der Waals surface area contributed by atoms with Gasteiger partial charge in [-0.2, -0.15) is 0 Å². The lowest BCUT2D eigenvalue weighted by Gasteiger charge is -2.34. The smallest absolute Gasteiger partial charge is 0.167 e. The van der Waals surface area contributed by atoms with Gasteiger partial charge in [-0.05, 0) is 31.7 Å². The molecule has 0 heterocycles. The van der Waals surface area contributed by atoms with Gasteiger partial charge in [-0.3, -0.25) is 4.90 Å². The predicted octanol–water partition coefficient (Wildman–Crippen LogP) is 3.20. The third-order valence-electron chi connectivity index (χ3n) is 3.81. The lowest BCUT2D eigenvalue weighted by molar-refractivity contribution is -0.419. The van der Waals surface area contributed by atoms with Gasteiger partial charge in [-0.1, -0.05) is 42.5 Å². The lowest BCUT2D eigenvalue weighted by atomic mass is 9.99. The largest absolute Gasteiger partial charge is 0.624 e. The molecule has 0 amide bonds. The molecule has 1 aliphatic rings. The molecule has 20 heavy (non-hydrogen) atoms. The molecule has 2 atom stereocenters. The van der Waals surface area contributed by atoms with Gasteiger partial charge in [0.2, 0.25) is 0 Å². The summed E-state index contributed by atoms with van der Waals surface area (Å²) in [7, 11) is 1.55. The summed E-state index contributed by atoms with van der Waals surface area (Å²) in [5.74, 6) is 0. The molecule has 3 heteroatoms. The number of hydrogen-bond donors (Lipinski definition) is 0. The summed E-state index contributed by atoms with van der Waals surface area (Å²) < 4.78 is 0.912. The van der Waals surface area contributed by atoms with Crippen molar-refractivity contribution in [1.29, 1.82) is 0 Å². The maximum atomic E-state index is 11.3. The van der Waals surface area contributed by atoms with Crippen LogP contribution in [0.1, 0.15) is 31.7 Å². The Kier molecular flexibility index (Phi) is 5.36. The lowest BCUT2D eigenvalue weighted by Crippen LogP contribution is -2.42. The van der Waals surface area contributed by atoms with Crippen LogP contribution in [0.25, 0.3) is 0 Å². The highest BCUT2D eigenvalue weighted by molar-refractivity contribution is 5.58. The fourth-order valence-corrected chi connectivity index (χ4v) is 2.82. The zero-order valence-corrected chi connectivity index (χ0v) is 12.4. The Balaban J connectivity index is 2.17. The summed E-state index contributed by atoms with van der Waals surface area (Å²) >= 11 is 0. The summed E-state index contributed by atoms with van der Waals surface area (Å²) in [6, 6.07) is 11.0. The van der Waals surface area contributed by atoms with Gasteiger partial charge in [0.15, 0.2) is 6.21 Å². The molecule has 0 bridgehead atoms. The van der Waals surface area contributed by atoms with Crippen LogP contribution in [0.3, 0.4) is 0 Å². The van der Waals surface area contributed by atoms with Crippen LogP contribution in [0, 0.1) is 5.21 Å². The number of nitrogens with zero attached hydrogens (tertiary/aromatic N) is 2. The van der Waals surface area contributed by atoms with Gasteiger partial charge < -0.3 is 5.21 Å². The number of hydroxylamine groups is 1. The molecule has 3 nitrogen and oxygen atoms in total. The summed E-state index contributed by atoms with van der Waals surface area (Å²) in [6.07, 6.45) is 9.87. The quantitative estimate of drug-likeness (QED) is 0.271. The van der Waals surface area contributed by atoms with E-state index < -0.39 is 0 Å². The van der Waals surface area contributed by atoms with Gasteiger partial charge in [-0.25, -0.2) is 4.74 Å². The average molecular weight is 272 g/mol. The molecule has 1 aliphatic carbocycles. The zero-order chi connectivity index (χ0) is 14.4. The Labute approximate surface area is 121 Å². The topological polar surface area (TPSA) is 29.3 Å². The number of rotatable bonds is 5. The Hall–Kier alpha value is -1.61. The van der Waals surface area contributed by atoms with Crippen LogP contribution in [0.4, 0.5) is 0 Å². The molecule has 0 aromatic heterocycles. The molecule has 1 aromatic carbocycles. The Morgan fingerprint density at radius 3 is 2.75 bits per heavy atom. The minimum Gasteiger partial charge on any atom is -0.624 e. The predicted molar refractivity (Wildman–Crippen MR) is 83.8 cm³/mol. The normalized spacial score (nSPS) is 21.1. The fraction of sp³-hybridized carbons (Fsp3) is 0.471. The molecule has 1 unspecified atom stereocenters. The highest BCUT2D eigenvalue weighted by atomic mass is 16.5. The molecule has 0 aliphatic heterocycles. The monoisotopic (exact) mass is 272 g/mol. The summed E-state index contributed by atoms with van der Waals surface area (Å²) in [5, 5.41) is 11.3. The molecule has 1 aromatic rings. The zero-order valence-electron chi connectivity index (χ0n) is 12.4. The van der Waals surface area contributed by atoms with E-state index in [1.165, 1.54) is 24.8 Å². The summed E-state index contributed by atoms with van der Waals surface area (Å²) in [4.78, 5) is 2.40. The van der Waals surface area contributed by atoms with Crippen molar-refractivity contribution >= 4 is 6.21 Å². The second-order valence-electron chi connectivity index (χ2n) is 5.52. The van der Waals surface area contributed by atoms with Crippen molar-refractivity contribution in [3.8, 4) is 0 Å². The van der Waals surface area contributed by atoms with Crippen molar-refractivity contribution in [2.45, 2.75) is 44.8 Å². The SMILES string of the molecule is C[C@@H](/C=[N+](/C)[O-])N(Cc1ccccc1)C1C=CCCC1. The number of benzene rings is 1. The molecule has 0 fully saturated rings. The van der Waals surface area contributed by atoms with Crippen LogP contribution in [-0.2, 0) is 6.54 Å².